The number of carbonyl (C=O) groups is 3. The van der Waals surface area contributed by atoms with Crippen LogP contribution in [0.5, 0.6) is 0 Å². The highest BCUT2D eigenvalue weighted by Gasteiger charge is 2.39. The lowest BCUT2D eigenvalue weighted by atomic mass is 10.0. The maximum Gasteiger partial charge on any atom is 0.255 e. The predicted octanol–water partition coefficient (Wildman–Crippen LogP) is 1.01. The number of benzene rings is 1. The molecule has 27 heavy (non-hydrogen) atoms. The highest BCUT2D eigenvalue weighted by Crippen LogP contribution is 2.28. The molecule has 3 amide bonds. The highest BCUT2D eigenvalue weighted by atomic mass is 16.2. The van der Waals surface area contributed by atoms with E-state index in [0.717, 1.165) is 37.2 Å². The van der Waals surface area contributed by atoms with Gasteiger partial charge in [0.25, 0.3) is 5.91 Å². The fourth-order valence-corrected chi connectivity index (χ4v) is 3.75. The van der Waals surface area contributed by atoms with Crippen molar-refractivity contribution in [2.45, 2.75) is 58.3 Å². The number of rotatable bonds is 7. The Bertz CT molecular complexity index is 749. The Kier molecular flexibility index (Phi) is 5.92. The van der Waals surface area contributed by atoms with Gasteiger partial charge in [-0.05, 0) is 36.6 Å². The first-order valence-corrected chi connectivity index (χ1v) is 9.67. The fourth-order valence-electron chi connectivity index (χ4n) is 3.75. The zero-order valence-electron chi connectivity index (χ0n) is 16.0. The van der Waals surface area contributed by atoms with Gasteiger partial charge in [-0.3, -0.25) is 24.6 Å². The molecule has 2 aliphatic heterocycles. The lowest BCUT2D eigenvalue weighted by Crippen LogP contribution is -2.52. The second-order valence-corrected chi connectivity index (χ2v) is 7.39. The summed E-state index contributed by atoms with van der Waals surface area (Å²) in [5, 5.41) is 2.33. The van der Waals surface area contributed by atoms with Crippen molar-refractivity contribution in [3.05, 3.63) is 34.9 Å². The minimum absolute atomic E-state index is 0.133. The SMILES string of the molecule is CC[C@H](N)CN(CC)Cc1ccc2c(c1)CN(C1CCC(=O)NC1=O)C2=O. The predicted molar refractivity (Wildman–Crippen MR) is 102 cm³/mol. The molecule has 7 nitrogen and oxygen atoms in total. The number of piperidine rings is 1. The normalized spacial score (nSPS) is 20.8. The quantitative estimate of drug-likeness (QED) is 0.697. The minimum Gasteiger partial charge on any atom is -0.327 e. The molecule has 0 aromatic heterocycles. The third kappa shape index (κ3) is 4.20. The van der Waals surface area contributed by atoms with Gasteiger partial charge in [-0.25, -0.2) is 0 Å². The van der Waals surface area contributed by atoms with Gasteiger partial charge in [0.15, 0.2) is 0 Å². The lowest BCUT2D eigenvalue weighted by Gasteiger charge is -2.29. The molecule has 0 spiro atoms. The molecule has 0 saturated carbocycles. The van der Waals surface area contributed by atoms with Crippen LogP contribution in [0.1, 0.15) is 54.6 Å². The fraction of sp³-hybridized carbons (Fsp3) is 0.550. The van der Waals surface area contributed by atoms with Gasteiger partial charge in [0.2, 0.25) is 11.8 Å². The van der Waals surface area contributed by atoms with Gasteiger partial charge in [-0.1, -0.05) is 26.0 Å². The molecule has 1 saturated heterocycles. The largest absolute Gasteiger partial charge is 0.327 e. The van der Waals surface area contributed by atoms with E-state index in [1.807, 2.05) is 12.1 Å². The van der Waals surface area contributed by atoms with E-state index in [-0.39, 0.29) is 30.2 Å². The van der Waals surface area contributed by atoms with Crippen LogP contribution >= 0.6 is 0 Å². The summed E-state index contributed by atoms with van der Waals surface area (Å²) in [7, 11) is 0. The van der Waals surface area contributed by atoms with Gasteiger partial charge in [-0.15, -0.1) is 0 Å². The van der Waals surface area contributed by atoms with E-state index in [9.17, 15) is 14.4 Å². The molecule has 0 radical (unpaired) electrons. The Morgan fingerprint density at radius 2 is 2.07 bits per heavy atom. The van der Waals surface area contributed by atoms with E-state index in [4.69, 9.17) is 5.73 Å². The maximum absolute atomic E-state index is 12.7. The van der Waals surface area contributed by atoms with Gasteiger partial charge < -0.3 is 10.6 Å². The molecular weight excluding hydrogens is 344 g/mol. The van der Waals surface area contributed by atoms with E-state index in [1.165, 1.54) is 0 Å². The number of hydrogen-bond acceptors (Lipinski definition) is 5. The number of hydrogen-bond donors (Lipinski definition) is 2. The summed E-state index contributed by atoms with van der Waals surface area (Å²) in [6, 6.07) is 5.47. The van der Waals surface area contributed by atoms with Crippen LogP contribution in [0.4, 0.5) is 0 Å². The summed E-state index contributed by atoms with van der Waals surface area (Å²) >= 11 is 0. The molecule has 2 heterocycles. The Hall–Kier alpha value is -2.25. The van der Waals surface area contributed by atoms with Crippen molar-refractivity contribution in [1.82, 2.24) is 15.1 Å². The Balaban J connectivity index is 1.72. The van der Waals surface area contributed by atoms with Gasteiger partial charge in [-0.2, -0.15) is 0 Å². The van der Waals surface area contributed by atoms with Crippen molar-refractivity contribution in [3.8, 4) is 0 Å². The first kappa shape index (κ1) is 19.5. The molecule has 1 aromatic carbocycles. The molecular formula is C20H28N4O3. The monoisotopic (exact) mass is 372 g/mol. The molecule has 1 aromatic rings. The summed E-state index contributed by atoms with van der Waals surface area (Å²) in [6.07, 6.45) is 1.59. The number of amides is 3. The Labute approximate surface area is 159 Å². The number of nitrogens with two attached hydrogens (primary N) is 1. The molecule has 146 valence electrons. The molecule has 0 aliphatic carbocycles. The van der Waals surface area contributed by atoms with Crippen molar-refractivity contribution in [3.63, 3.8) is 0 Å². The molecule has 2 aliphatic rings. The van der Waals surface area contributed by atoms with Gasteiger partial charge in [0.1, 0.15) is 6.04 Å². The van der Waals surface area contributed by atoms with Crippen LogP contribution in [0.2, 0.25) is 0 Å². The van der Waals surface area contributed by atoms with Crippen LogP contribution < -0.4 is 11.1 Å². The number of nitrogens with zero attached hydrogens (tertiary/aromatic N) is 2. The van der Waals surface area contributed by atoms with Gasteiger partial charge in [0, 0.05) is 37.7 Å². The smallest absolute Gasteiger partial charge is 0.255 e. The van der Waals surface area contributed by atoms with E-state index in [1.54, 1.807) is 4.90 Å². The average molecular weight is 372 g/mol. The maximum atomic E-state index is 12.7. The van der Waals surface area contributed by atoms with Crippen LogP contribution in [0.15, 0.2) is 18.2 Å². The van der Waals surface area contributed by atoms with Crippen molar-refractivity contribution in [1.29, 1.82) is 0 Å². The van der Waals surface area contributed by atoms with E-state index < -0.39 is 6.04 Å². The second-order valence-electron chi connectivity index (χ2n) is 7.39. The van der Waals surface area contributed by atoms with E-state index in [2.05, 4.69) is 30.1 Å². The number of nitrogens with one attached hydrogen (secondary N) is 1. The topological polar surface area (TPSA) is 95.7 Å². The zero-order chi connectivity index (χ0) is 19.6. The highest BCUT2D eigenvalue weighted by molar-refractivity contribution is 6.05. The Morgan fingerprint density at radius 3 is 2.74 bits per heavy atom. The van der Waals surface area contributed by atoms with Crippen LogP contribution in [-0.2, 0) is 22.7 Å². The lowest BCUT2D eigenvalue weighted by molar-refractivity contribution is -0.136. The number of imide groups is 1. The summed E-state index contributed by atoms with van der Waals surface area (Å²) < 4.78 is 0. The number of likely N-dealkylation sites (N-methyl/N-ethyl adjacent to an activating group) is 1. The summed E-state index contributed by atoms with van der Waals surface area (Å²) in [5.41, 5.74) is 8.81. The standard InChI is InChI=1S/C20H28N4O3/c1-3-15(21)12-23(4-2)10-13-5-6-16-14(9-13)11-24(20(16)27)17-7-8-18(25)22-19(17)26/h5-6,9,15,17H,3-4,7-8,10-12,21H2,1-2H3,(H,22,25,26)/t15-,17?/m0/s1. The summed E-state index contributed by atoms with van der Waals surface area (Å²) in [4.78, 5) is 40.1. The molecule has 7 heteroatoms. The second kappa shape index (κ2) is 8.19. The van der Waals surface area contributed by atoms with Crippen molar-refractivity contribution in [2.75, 3.05) is 13.1 Å². The van der Waals surface area contributed by atoms with Crippen molar-refractivity contribution < 1.29 is 14.4 Å². The molecule has 3 rings (SSSR count). The average Bonchev–Trinajstić information content (AvgIpc) is 2.97. The molecule has 3 N–H and O–H groups in total. The van der Waals surface area contributed by atoms with Crippen molar-refractivity contribution >= 4 is 17.7 Å². The van der Waals surface area contributed by atoms with Crippen LogP contribution in [-0.4, -0.2) is 52.7 Å². The van der Waals surface area contributed by atoms with Crippen LogP contribution in [0.25, 0.3) is 0 Å². The molecule has 1 fully saturated rings. The molecule has 1 unspecified atom stereocenters. The third-order valence-electron chi connectivity index (χ3n) is 5.46. The van der Waals surface area contributed by atoms with E-state index in [0.29, 0.717) is 18.5 Å². The Morgan fingerprint density at radius 1 is 1.30 bits per heavy atom. The minimum atomic E-state index is -0.569. The summed E-state index contributed by atoms with van der Waals surface area (Å²) in [5.74, 6) is -0.780. The van der Waals surface area contributed by atoms with Gasteiger partial charge in [0.05, 0.1) is 0 Å². The zero-order valence-corrected chi connectivity index (χ0v) is 16.0. The third-order valence-corrected chi connectivity index (χ3v) is 5.46. The number of carbonyl (C=O) groups excluding carboxylic acids is 3. The first-order chi connectivity index (χ1) is 12.9. The van der Waals surface area contributed by atoms with Crippen LogP contribution in [0.3, 0.4) is 0 Å². The molecule has 2 atom stereocenters. The van der Waals surface area contributed by atoms with Crippen LogP contribution in [0, 0.1) is 0 Å². The van der Waals surface area contributed by atoms with E-state index >= 15 is 0 Å². The molecule has 0 bridgehead atoms. The van der Waals surface area contributed by atoms with Crippen molar-refractivity contribution in [2.24, 2.45) is 5.73 Å². The summed E-state index contributed by atoms with van der Waals surface area (Å²) in [6.45, 7) is 7.14. The first-order valence-electron chi connectivity index (χ1n) is 9.67. The number of fused-ring (bicyclic) bond motifs is 1. The van der Waals surface area contributed by atoms with Gasteiger partial charge >= 0.3 is 0 Å².